The lowest BCUT2D eigenvalue weighted by molar-refractivity contribution is -0.133. The molecule has 1 heterocycles. The van der Waals surface area contributed by atoms with Crippen LogP contribution in [0.25, 0.3) is 0 Å². The van der Waals surface area contributed by atoms with E-state index >= 15 is 0 Å². The smallest absolute Gasteiger partial charge is 0.313 e. The Kier molecular flexibility index (Phi) is 4.66. The second-order valence-corrected chi connectivity index (χ2v) is 7.78. The maximum atomic E-state index is 10.8. The van der Waals surface area contributed by atoms with E-state index in [2.05, 4.69) is 42.5 Å². The molecule has 1 aromatic heterocycles. The van der Waals surface area contributed by atoms with Gasteiger partial charge in [-0.1, -0.05) is 31.5 Å². The lowest BCUT2D eigenvalue weighted by Gasteiger charge is -2.32. The molecule has 0 radical (unpaired) electrons. The molecule has 1 aliphatic rings. The van der Waals surface area contributed by atoms with Gasteiger partial charge in [-0.3, -0.25) is 4.79 Å². The Hall–Kier alpha value is -1.04. The molecule has 1 aliphatic carbocycles. The highest BCUT2D eigenvalue weighted by molar-refractivity contribution is 7.99. The van der Waals surface area contributed by atoms with Crippen molar-refractivity contribution in [3.8, 4) is 0 Å². The summed E-state index contributed by atoms with van der Waals surface area (Å²) in [5.74, 6) is 0.242. The SMILES string of the molecule is CCC1(c2nnc(SCC(=O)O)n2C(C)(C)C)CCCC1. The number of rotatable bonds is 5. The number of nitrogens with zero attached hydrogens (tertiary/aromatic N) is 3. The number of hydrogen-bond acceptors (Lipinski definition) is 4. The topological polar surface area (TPSA) is 68.0 Å². The van der Waals surface area contributed by atoms with Crippen molar-refractivity contribution >= 4 is 17.7 Å². The average molecular weight is 311 g/mol. The molecule has 1 fully saturated rings. The molecule has 5 nitrogen and oxygen atoms in total. The highest BCUT2D eigenvalue weighted by atomic mass is 32.2. The molecule has 21 heavy (non-hydrogen) atoms. The van der Waals surface area contributed by atoms with Crippen LogP contribution in [0.3, 0.4) is 0 Å². The van der Waals surface area contributed by atoms with Crippen LogP contribution in [-0.4, -0.2) is 31.6 Å². The zero-order chi connectivity index (χ0) is 15.7. The second-order valence-electron chi connectivity index (χ2n) is 6.84. The number of thioether (sulfide) groups is 1. The van der Waals surface area contributed by atoms with Crippen LogP contribution >= 0.6 is 11.8 Å². The van der Waals surface area contributed by atoms with Crippen LogP contribution in [0.2, 0.25) is 0 Å². The zero-order valence-corrected chi connectivity index (χ0v) is 14.2. The van der Waals surface area contributed by atoms with Crippen LogP contribution in [0, 0.1) is 0 Å². The van der Waals surface area contributed by atoms with E-state index in [1.165, 1.54) is 24.6 Å². The Morgan fingerprint density at radius 3 is 2.43 bits per heavy atom. The van der Waals surface area contributed by atoms with E-state index in [4.69, 9.17) is 5.11 Å². The van der Waals surface area contributed by atoms with Crippen LogP contribution in [-0.2, 0) is 15.7 Å². The third kappa shape index (κ3) is 3.25. The van der Waals surface area contributed by atoms with Crippen molar-refractivity contribution in [2.75, 3.05) is 5.75 Å². The van der Waals surface area contributed by atoms with Gasteiger partial charge >= 0.3 is 5.97 Å². The van der Waals surface area contributed by atoms with Crippen LogP contribution in [0.4, 0.5) is 0 Å². The minimum absolute atomic E-state index is 0.0212. The average Bonchev–Trinajstić information content (AvgIpc) is 3.02. The Balaban J connectivity index is 2.44. The Bertz CT molecular complexity index is 513. The first kappa shape index (κ1) is 16.3. The molecule has 2 rings (SSSR count). The van der Waals surface area contributed by atoms with Gasteiger partial charge in [-0.15, -0.1) is 10.2 Å². The van der Waals surface area contributed by atoms with Crippen LogP contribution in [0.1, 0.15) is 65.6 Å². The van der Waals surface area contributed by atoms with E-state index in [0.29, 0.717) is 0 Å². The summed E-state index contributed by atoms with van der Waals surface area (Å²) in [6.07, 6.45) is 5.85. The molecule has 0 unspecified atom stereocenters. The van der Waals surface area contributed by atoms with Gasteiger partial charge in [0.2, 0.25) is 0 Å². The molecule has 0 aromatic carbocycles. The maximum absolute atomic E-state index is 10.8. The highest BCUT2D eigenvalue weighted by Gasteiger charge is 2.41. The highest BCUT2D eigenvalue weighted by Crippen LogP contribution is 2.44. The number of carboxylic acids is 1. The lowest BCUT2D eigenvalue weighted by atomic mass is 9.82. The van der Waals surface area contributed by atoms with Crippen molar-refractivity contribution in [3.63, 3.8) is 0 Å². The van der Waals surface area contributed by atoms with Gasteiger partial charge in [0.1, 0.15) is 5.82 Å². The van der Waals surface area contributed by atoms with Gasteiger partial charge in [0, 0.05) is 11.0 Å². The van der Waals surface area contributed by atoms with Crippen molar-refractivity contribution < 1.29 is 9.90 Å². The van der Waals surface area contributed by atoms with E-state index in [-0.39, 0.29) is 16.7 Å². The fraction of sp³-hybridized carbons (Fsp3) is 0.800. The fourth-order valence-corrected chi connectivity index (χ4v) is 4.07. The Labute approximate surface area is 130 Å². The van der Waals surface area contributed by atoms with E-state index in [0.717, 1.165) is 30.2 Å². The van der Waals surface area contributed by atoms with Crippen LogP contribution < -0.4 is 0 Å². The third-order valence-electron chi connectivity index (χ3n) is 4.34. The van der Waals surface area contributed by atoms with Gasteiger partial charge in [-0.25, -0.2) is 0 Å². The van der Waals surface area contributed by atoms with Crippen molar-refractivity contribution in [2.45, 2.75) is 75.9 Å². The van der Waals surface area contributed by atoms with E-state index in [1.54, 1.807) is 0 Å². The standard InChI is InChI=1S/C15H25N3O2S/c1-5-15(8-6-7-9-15)12-16-17-13(21-10-11(19)20)18(12)14(2,3)4/h5-10H2,1-4H3,(H,19,20). The number of carbonyl (C=O) groups is 1. The Morgan fingerprint density at radius 2 is 1.95 bits per heavy atom. The molecule has 0 aliphatic heterocycles. The number of aromatic nitrogens is 3. The first-order valence-corrected chi connectivity index (χ1v) is 8.60. The van der Waals surface area contributed by atoms with Crippen LogP contribution in [0.5, 0.6) is 0 Å². The van der Waals surface area contributed by atoms with Crippen molar-refractivity contribution in [1.29, 1.82) is 0 Å². The summed E-state index contributed by atoms with van der Waals surface area (Å²) in [7, 11) is 0. The molecule has 0 atom stereocenters. The summed E-state index contributed by atoms with van der Waals surface area (Å²) >= 11 is 1.26. The molecule has 0 spiro atoms. The first-order valence-electron chi connectivity index (χ1n) is 7.61. The van der Waals surface area contributed by atoms with Crippen LogP contribution in [0.15, 0.2) is 5.16 Å². The summed E-state index contributed by atoms with van der Waals surface area (Å²) in [4.78, 5) is 10.8. The molecule has 0 bridgehead atoms. The summed E-state index contributed by atoms with van der Waals surface area (Å²) in [6.45, 7) is 8.60. The summed E-state index contributed by atoms with van der Waals surface area (Å²) in [5.41, 5.74) is -0.0350. The minimum Gasteiger partial charge on any atom is -0.481 e. The number of aliphatic carboxylic acids is 1. The van der Waals surface area contributed by atoms with Gasteiger partial charge in [0.05, 0.1) is 5.75 Å². The quantitative estimate of drug-likeness (QED) is 0.844. The molecule has 0 amide bonds. The van der Waals surface area contributed by atoms with E-state index < -0.39 is 5.97 Å². The molecule has 6 heteroatoms. The molecule has 118 valence electrons. The molecular weight excluding hydrogens is 286 g/mol. The first-order chi connectivity index (χ1) is 9.80. The summed E-state index contributed by atoms with van der Waals surface area (Å²) in [5, 5.41) is 18.4. The van der Waals surface area contributed by atoms with Gasteiger partial charge in [0.25, 0.3) is 0 Å². The van der Waals surface area contributed by atoms with Gasteiger partial charge in [-0.2, -0.15) is 0 Å². The van der Waals surface area contributed by atoms with E-state index in [9.17, 15) is 4.79 Å². The lowest BCUT2D eigenvalue weighted by Crippen LogP contribution is -2.33. The monoisotopic (exact) mass is 311 g/mol. The molecule has 1 saturated carbocycles. The summed E-state index contributed by atoms with van der Waals surface area (Å²) in [6, 6.07) is 0. The molecule has 1 N–H and O–H groups in total. The molecule has 0 saturated heterocycles. The predicted molar refractivity (Wildman–Crippen MR) is 83.8 cm³/mol. The summed E-state index contributed by atoms with van der Waals surface area (Å²) < 4.78 is 2.16. The second kappa shape index (κ2) is 5.99. The fourth-order valence-electron chi connectivity index (χ4n) is 3.22. The number of hydrogen-bond donors (Lipinski definition) is 1. The maximum Gasteiger partial charge on any atom is 0.313 e. The normalized spacial score (nSPS) is 18.1. The van der Waals surface area contributed by atoms with Gasteiger partial charge < -0.3 is 9.67 Å². The van der Waals surface area contributed by atoms with Gasteiger partial charge in [-0.05, 0) is 40.0 Å². The zero-order valence-electron chi connectivity index (χ0n) is 13.3. The van der Waals surface area contributed by atoms with Crippen molar-refractivity contribution in [3.05, 3.63) is 5.82 Å². The predicted octanol–water partition coefficient (Wildman–Crippen LogP) is 3.43. The Morgan fingerprint density at radius 1 is 1.33 bits per heavy atom. The van der Waals surface area contributed by atoms with Gasteiger partial charge in [0.15, 0.2) is 5.16 Å². The third-order valence-corrected chi connectivity index (χ3v) is 5.25. The number of carboxylic acid groups (broad SMARTS) is 1. The molecular formula is C15H25N3O2S. The molecule has 1 aromatic rings. The van der Waals surface area contributed by atoms with Crippen molar-refractivity contribution in [1.82, 2.24) is 14.8 Å². The minimum atomic E-state index is -0.823. The van der Waals surface area contributed by atoms with Crippen molar-refractivity contribution in [2.24, 2.45) is 0 Å². The van der Waals surface area contributed by atoms with E-state index in [1.807, 2.05) is 0 Å². The largest absolute Gasteiger partial charge is 0.481 e.